The molecule has 0 bridgehead atoms. The summed E-state index contributed by atoms with van der Waals surface area (Å²) in [5, 5.41) is 0. The Labute approximate surface area is 396 Å². The average molecular weight is 866 g/mol. The summed E-state index contributed by atoms with van der Waals surface area (Å²) >= 11 is 0. The summed E-state index contributed by atoms with van der Waals surface area (Å²) in [5.74, 6) is 1.85. The second-order valence-electron chi connectivity index (χ2n) is 17.8. The van der Waals surface area contributed by atoms with Crippen LogP contribution in [0, 0.1) is 0 Å². The van der Waals surface area contributed by atoms with Crippen LogP contribution in [0.2, 0.25) is 0 Å². The van der Waals surface area contributed by atoms with Gasteiger partial charge >= 0.3 is 0 Å². The van der Waals surface area contributed by atoms with E-state index in [-0.39, 0.29) is 0 Å². The van der Waals surface area contributed by atoms with E-state index in [1.54, 1.807) is 0 Å². The quantitative estimate of drug-likeness (QED) is 0.153. The molecule has 3 nitrogen and oxygen atoms in total. The molecule has 0 fully saturated rings. The summed E-state index contributed by atoms with van der Waals surface area (Å²) in [7, 11) is 0. The number of hydrogen-bond donors (Lipinski definition) is 0. The van der Waals surface area contributed by atoms with Crippen molar-refractivity contribution in [1.82, 2.24) is 15.0 Å². The van der Waals surface area contributed by atoms with Crippen LogP contribution in [0.1, 0.15) is 44.5 Å². The van der Waals surface area contributed by atoms with Crippen LogP contribution in [-0.4, -0.2) is 15.0 Å². The first-order valence-electron chi connectivity index (χ1n) is 23.3. The van der Waals surface area contributed by atoms with Crippen molar-refractivity contribution in [1.29, 1.82) is 0 Å². The molecule has 318 valence electrons. The van der Waals surface area contributed by atoms with Crippen LogP contribution in [0.5, 0.6) is 0 Å². The highest BCUT2D eigenvalue weighted by molar-refractivity contribution is 5.92. The maximum Gasteiger partial charge on any atom is 0.164 e. The van der Waals surface area contributed by atoms with Crippen LogP contribution in [0.4, 0.5) is 0 Å². The molecule has 68 heavy (non-hydrogen) atoms. The molecule has 13 rings (SSSR count). The monoisotopic (exact) mass is 865 g/mol. The molecule has 0 aliphatic heterocycles. The zero-order valence-corrected chi connectivity index (χ0v) is 37.2. The summed E-state index contributed by atoms with van der Waals surface area (Å²) in [4.78, 5) is 15.9. The van der Waals surface area contributed by atoms with Gasteiger partial charge in [0.25, 0.3) is 0 Å². The lowest BCUT2D eigenvalue weighted by Crippen LogP contribution is -2.44. The van der Waals surface area contributed by atoms with E-state index in [0.29, 0.717) is 17.5 Å². The van der Waals surface area contributed by atoms with Crippen molar-refractivity contribution in [2.75, 3.05) is 0 Å². The van der Waals surface area contributed by atoms with Gasteiger partial charge in [-0.05, 0) is 84.0 Å². The van der Waals surface area contributed by atoms with E-state index in [1.165, 1.54) is 50.1 Å². The molecule has 0 saturated heterocycles. The Balaban J connectivity index is 1.04. The average Bonchev–Trinajstić information content (AvgIpc) is 3.74. The minimum atomic E-state index is -0.710. The van der Waals surface area contributed by atoms with Crippen molar-refractivity contribution in [3.8, 4) is 67.5 Å². The van der Waals surface area contributed by atoms with Gasteiger partial charge in [-0.15, -0.1) is 0 Å². The molecule has 0 spiro atoms. The van der Waals surface area contributed by atoms with Crippen molar-refractivity contribution in [2.45, 2.75) is 10.8 Å². The highest BCUT2D eigenvalue weighted by atomic mass is 15.0. The van der Waals surface area contributed by atoms with Gasteiger partial charge in [-0.1, -0.05) is 255 Å². The number of nitrogens with zero attached hydrogens (tertiary/aromatic N) is 3. The summed E-state index contributed by atoms with van der Waals surface area (Å²) in [6.07, 6.45) is 0. The Morgan fingerprint density at radius 3 is 1.13 bits per heavy atom. The molecule has 0 N–H and O–H groups in total. The van der Waals surface area contributed by atoms with Gasteiger partial charge in [-0.25, -0.2) is 15.0 Å². The zero-order chi connectivity index (χ0) is 45.1. The first-order chi connectivity index (χ1) is 33.7. The van der Waals surface area contributed by atoms with Gasteiger partial charge < -0.3 is 0 Å². The second kappa shape index (κ2) is 16.0. The van der Waals surface area contributed by atoms with Gasteiger partial charge in [-0.2, -0.15) is 0 Å². The minimum absolute atomic E-state index is 0.527. The second-order valence-corrected chi connectivity index (χ2v) is 17.8. The molecule has 0 radical (unpaired) electrons. The number of rotatable bonds is 8. The van der Waals surface area contributed by atoms with E-state index in [0.717, 1.165) is 44.5 Å². The summed E-state index contributed by atoms with van der Waals surface area (Å²) < 4.78 is 0. The number of aromatic nitrogens is 3. The molecule has 2 unspecified atom stereocenters. The topological polar surface area (TPSA) is 38.7 Å². The van der Waals surface area contributed by atoms with E-state index in [1.807, 2.05) is 12.1 Å². The molecular weight excluding hydrogens is 823 g/mol. The van der Waals surface area contributed by atoms with Crippen molar-refractivity contribution in [3.63, 3.8) is 0 Å². The fraction of sp³-hybridized carbons (Fsp3) is 0.0308. The number of hydrogen-bond acceptors (Lipinski definition) is 3. The molecule has 2 atom stereocenters. The van der Waals surface area contributed by atoms with Crippen LogP contribution in [-0.2, 0) is 10.8 Å². The molecule has 10 aromatic carbocycles. The maximum atomic E-state index is 5.33. The SMILES string of the molecule is c1ccc(-c2ccc(-c3nc(-c4ccc(-c5ccccc5)cc4)nc(-c4cccc(C5(c6ccccc6)c6ccccc6C6(c7ccccc7)c7ccccc7-c7cccc5c76)c4)n3)cc2)cc1. The van der Waals surface area contributed by atoms with Crippen LogP contribution in [0.25, 0.3) is 67.5 Å². The highest BCUT2D eigenvalue weighted by Gasteiger charge is 2.57. The van der Waals surface area contributed by atoms with Crippen molar-refractivity contribution < 1.29 is 0 Å². The first-order valence-corrected chi connectivity index (χ1v) is 23.3. The number of benzene rings is 10. The molecule has 2 aliphatic carbocycles. The summed E-state index contributed by atoms with van der Waals surface area (Å²) in [5.41, 5.74) is 18.7. The van der Waals surface area contributed by atoms with Gasteiger partial charge in [0.05, 0.1) is 10.8 Å². The number of fused-ring (bicyclic) bond motifs is 5. The highest BCUT2D eigenvalue weighted by Crippen LogP contribution is 2.65. The van der Waals surface area contributed by atoms with Gasteiger partial charge in [0.1, 0.15) is 0 Å². The zero-order valence-electron chi connectivity index (χ0n) is 37.2. The summed E-state index contributed by atoms with van der Waals surface area (Å²) in [6.45, 7) is 0. The van der Waals surface area contributed by atoms with Crippen LogP contribution >= 0.6 is 0 Å². The van der Waals surface area contributed by atoms with E-state index in [9.17, 15) is 0 Å². The normalized spacial score (nSPS) is 16.4. The molecule has 0 amide bonds. The third-order valence-electron chi connectivity index (χ3n) is 14.3. The third-order valence-corrected chi connectivity index (χ3v) is 14.3. The third kappa shape index (κ3) is 6.02. The van der Waals surface area contributed by atoms with Crippen molar-refractivity contribution in [3.05, 3.63) is 305 Å². The largest absolute Gasteiger partial charge is 0.208 e. The molecule has 3 heteroatoms. The molecule has 11 aromatic rings. The predicted molar refractivity (Wildman–Crippen MR) is 276 cm³/mol. The van der Waals surface area contributed by atoms with Gasteiger partial charge in [0.15, 0.2) is 17.5 Å². The van der Waals surface area contributed by atoms with Crippen LogP contribution in [0.3, 0.4) is 0 Å². The van der Waals surface area contributed by atoms with Gasteiger partial charge in [0.2, 0.25) is 0 Å². The van der Waals surface area contributed by atoms with E-state index in [2.05, 4.69) is 249 Å². The molecule has 2 aliphatic rings. The van der Waals surface area contributed by atoms with Gasteiger partial charge in [0, 0.05) is 16.7 Å². The fourth-order valence-corrected chi connectivity index (χ4v) is 11.4. The first kappa shape index (κ1) is 39.6. The van der Waals surface area contributed by atoms with E-state index in [4.69, 9.17) is 15.0 Å². The standard InChI is InChI=1S/C65H43N3/c1-5-19-44(20-6-1)46-35-39-48(40-36-46)61-66-62(49-41-37-47(38-42-49)45-21-7-2-8-22-45)68-63(67-61)50-23-17-28-53(43-50)64(51-24-9-3-10-25-51)57-32-15-16-33-58(57)65(52-26-11-4-12-27-52)56-31-14-13-29-54(56)55-30-18-34-59(64)60(55)65/h1-43H. The van der Waals surface area contributed by atoms with E-state index < -0.39 is 10.8 Å². The van der Waals surface area contributed by atoms with Crippen molar-refractivity contribution in [2.24, 2.45) is 0 Å². The lowest BCUT2D eigenvalue weighted by Gasteiger charge is -2.49. The van der Waals surface area contributed by atoms with E-state index >= 15 is 0 Å². The minimum Gasteiger partial charge on any atom is -0.208 e. The lowest BCUT2D eigenvalue weighted by molar-refractivity contribution is 0.627. The molecule has 1 aromatic heterocycles. The van der Waals surface area contributed by atoms with Crippen LogP contribution < -0.4 is 0 Å². The maximum absolute atomic E-state index is 5.33. The Hall–Kier alpha value is -8.79. The Morgan fingerprint density at radius 2 is 0.574 bits per heavy atom. The van der Waals surface area contributed by atoms with Gasteiger partial charge in [-0.3, -0.25) is 0 Å². The Kier molecular flexibility index (Phi) is 9.29. The molecule has 0 saturated carbocycles. The Morgan fingerprint density at radius 1 is 0.221 bits per heavy atom. The fourth-order valence-electron chi connectivity index (χ4n) is 11.4. The smallest absolute Gasteiger partial charge is 0.164 e. The Bertz CT molecular complexity index is 3540. The summed E-state index contributed by atoms with van der Waals surface area (Å²) in [6, 6.07) is 94.4. The predicted octanol–water partition coefficient (Wildman–Crippen LogP) is 15.3. The lowest BCUT2D eigenvalue weighted by atomic mass is 9.51. The molecular formula is C65H43N3. The van der Waals surface area contributed by atoms with Crippen LogP contribution in [0.15, 0.2) is 261 Å². The van der Waals surface area contributed by atoms with Crippen molar-refractivity contribution >= 4 is 0 Å². The molecule has 1 heterocycles.